The number of nitrogens with one attached hydrogen (secondary N) is 2. The molecule has 0 atom stereocenters. The number of fused-ring (bicyclic) bond motifs is 1. The predicted octanol–water partition coefficient (Wildman–Crippen LogP) is 2.44. The summed E-state index contributed by atoms with van der Waals surface area (Å²) in [7, 11) is 0. The summed E-state index contributed by atoms with van der Waals surface area (Å²) in [5.41, 5.74) is 4.94. The quantitative estimate of drug-likeness (QED) is 0.380. The number of piperidine rings is 1. The maximum absolute atomic E-state index is 11.4. The van der Waals surface area contributed by atoms with E-state index in [9.17, 15) is 9.59 Å². The molecule has 2 amide bonds. The Morgan fingerprint density at radius 2 is 1.87 bits per heavy atom. The van der Waals surface area contributed by atoms with Crippen LogP contribution in [0.15, 0.2) is 48.8 Å². The van der Waals surface area contributed by atoms with E-state index in [1.165, 1.54) is 0 Å². The van der Waals surface area contributed by atoms with Gasteiger partial charge in [-0.15, -0.1) is 0 Å². The molecule has 156 valence electrons. The zero-order valence-corrected chi connectivity index (χ0v) is 16.3. The van der Waals surface area contributed by atoms with E-state index in [0.717, 1.165) is 48.2 Å². The number of carbonyl (C=O) groups is 2. The molecule has 0 radical (unpaired) electrons. The summed E-state index contributed by atoms with van der Waals surface area (Å²) in [6, 6.07) is 11.2. The van der Waals surface area contributed by atoms with Crippen molar-refractivity contribution >= 4 is 28.7 Å². The van der Waals surface area contributed by atoms with Gasteiger partial charge in [0.2, 0.25) is 0 Å². The lowest BCUT2D eigenvalue weighted by Gasteiger charge is -2.33. The van der Waals surface area contributed by atoms with Crippen molar-refractivity contribution in [2.45, 2.75) is 25.4 Å². The standard InChI is InChI=1S/C21H23N5O4/c27-20(24-30)15-3-1-14(2-4-15)13-26-8-5-16-11-18(12-22-19(16)26)25-9-6-17(7-10-25)23-21(28)29/h1-5,8,11-12,17,23,30H,6-7,9-10,13H2,(H,24,27)(H,28,29). The number of benzene rings is 1. The van der Waals surface area contributed by atoms with Crippen LogP contribution in [0.5, 0.6) is 0 Å². The van der Waals surface area contributed by atoms with E-state index in [4.69, 9.17) is 10.3 Å². The van der Waals surface area contributed by atoms with Gasteiger partial charge in [-0.2, -0.15) is 0 Å². The molecule has 1 aromatic carbocycles. The van der Waals surface area contributed by atoms with Crippen LogP contribution in [0.1, 0.15) is 28.8 Å². The lowest BCUT2D eigenvalue weighted by Crippen LogP contribution is -2.44. The zero-order chi connectivity index (χ0) is 21.1. The van der Waals surface area contributed by atoms with E-state index >= 15 is 0 Å². The Bertz CT molecular complexity index is 1050. The van der Waals surface area contributed by atoms with Crippen molar-refractivity contribution in [3.63, 3.8) is 0 Å². The van der Waals surface area contributed by atoms with Gasteiger partial charge < -0.3 is 19.9 Å². The third-order valence-electron chi connectivity index (χ3n) is 5.45. The molecule has 4 N–H and O–H groups in total. The monoisotopic (exact) mass is 409 g/mol. The molecule has 9 heteroatoms. The lowest BCUT2D eigenvalue weighted by molar-refractivity contribution is 0.0706. The van der Waals surface area contributed by atoms with Gasteiger partial charge in [0.1, 0.15) is 5.65 Å². The van der Waals surface area contributed by atoms with Gasteiger partial charge >= 0.3 is 6.09 Å². The van der Waals surface area contributed by atoms with E-state index in [2.05, 4.69) is 21.3 Å². The maximum Gasteiger partial charge on any atom is 0.404 e. The molecule has 4 rings (SSSR count). The van der Waals surface area contributed by atoms with Gasteiger partial charge in [-0.25, -0.2) is 15.3 Å². The van der Waals surface area contributed by atoms with Crippen LogP contribution in [-0.2, 0) is 6.54 Å². The Morgan fingerprint density at radius 3 is 2.53 bits per heavy atom. The van der Waals surface area contributed by atoms with Crippen LogP contribution >= 0.6 is 0 Å². The second kappa shape index (κ2) is 8.42. The van der Waals surface area contributed by atoms with Crippen molar-refractivity contribution in [3.05, 3.63) is 59.9 Å². The van der Waals surface area contributed by atoms with E-state index in [0.29, 0.717) is 12.1 Å². The summed E-state index contributed by atoms with van der Waals surface area (Å²) in [5.74, 6) is -0.537. The van der Waals surface area contributed by atoms with Crippen molar-refractivity contribution in [1.29, 1.82) is 0 Å². The third-order valence-corrected chi connectivity index (χ3v) is 5.45. The van der Waals surface area contributed by atoms with Crippen molar-refractivity contribution in [3.8, 4) is 0 Å². The molecule has 3 heterocycles. The van der Waals surface area contributed by atoms with Crippen molar-refractivity contribution in [2.24, 2.45) is 0 Å². The molecule has 0 aliphatic carbocycles. The molecule has 1 saturated heterocycles. The molecule has 1 aliphatic rings. The van der Waals surface area contributed by atoms with Crippen molar-refractivity contribution < 1.29 is 19.9 Å². The number of pyridine rings is 1. The highest BCUT2D eigenvalue weighted by molar-refractivity contribution is 5.93. The number of carbonyl (C=O) groups excluding carboxylic acids is 1. The molecule has 3 aromatic rings. The Labute approximate surface area is 172 Å². The molecule has 0 spiro atoms. The highest BCUT2D eigenvalue weighted by Gasteiger charge is 2.21. The number of aromatic nitrogens is 2. The van der Waals surface area contributed by atoms with Crippen LogP contribution in [0.25, 0.3) is 11.0 Å². The van der Waals surface area contributed by atoms with Crippen LogP contribution in [0.2, 0.25) is 0 Å². The van der Waals surface area contributed by atoms with Gasteiger partial charge in [-0.05, 0) is 42.7 Å². The van der Waals surface area contributed by atoms with E-state index in [1.807, 2.05) is 35.2 Å². The SMILES string of the molecule is O=C(O)NC1CCN(c2cnc3c(ccn3Cc3ccc(C(=O)NO)cc3)c2)CC1. The number of nitrogens with zero attached hydrogens (tertiary/aromatic N) is 3. The zero-order valence-electron chi connectivity index (χ0n) is 16.3. The van der Waals surface area contributed by atoms with E-state index in [-0.39, 0.29) is 6.04 Å². The largest absolute Gasteiger partial charge is 0.465 e. The van der Waals surface area contributed by atoms with Crippen LogP contribution in [0, 0.1) is 0 Å². The highest BCUT2D eigenvalue weighted by atomic mass is 16.5. The molecule has 1 fully saturated rings. The summed E-state index contributed by atoms with van der Waals surface area (Å²) >= 11 is 0. The first-order valence-electron chi connectivity index (χ1n) is 9.76. The van der Waals surface area contributed by atoms with Gasteiger partial charge in [0.25, 0.3) is 5.91 Å². The van der Waals surface area contributed by atoms with Gasteiger partial charge in [-0.3, -0.25) is 10.0 Å². The Hall–Kier alpha value is -3.59. The van der Waals surface area contributed by atoms with Crippen LogP contribution in [-0.4, -0.2) is 51.0 Å². The average Bonchev–Trinajstić information content (AvgIpc) is 3.16. The molecule has 1 aliphatic heterocycles. The summed E-state index contributed by atoms with van der Waals surface area (Å²) in [4.78, 5) is 29.1. The predicted molar refractivity (Wildman–Crippen MR) is 111 cm³/mol. The number of anilines is 1. The maximum atomic E-state index is 11.4. The Kier molecular flexibility index (Phi) is 5.53. The minimum Gasteiger partial charge on any atom is -0.465 e. The fraction of sp³-hybridized carbons (Fsp3) is 0.286. The smallest absolute Gasteiger partial charge is 0.404 e. The van der Waals surface area contributed by atoms with Crippen LogP contribution in [0.3, 0.4) is 0 Å². The fourth-order valence-corrected chi connectivity index (χ4v) is 3.85. The first-order chi connectivity index (χ1) is 14.5. The number of amides is 2. The fourth-order valence-electron chi connectivity index (χ4n) is 3.85. The minimum absolute atomic E-state index is 0.00589. The van der Waals surface area contributed by atoms with Crippen molar-refractivity contribution in [2.75, 3.05) is 18.0 Å². The van der Waals surface area contributed by atoms with Crippen LogP contribution < -0.4 is 15.7 Å². The summed E-state index contributed by atoms with van der Waals surface area (Å²) < 4.78 is 2.04. The number of rotatable bonds is 5. The van der Waals surface area contributed by atoms with Crippen molar-refractivity contribution in [1.82, 2.24) is 20.3 Å². The number of hydrogen-bond acceptors (Lipinski definition) is 5. The number of hydroxylamine groups is 1. The first kappa shape index (κ1) is 19.7. The molecular weight excluding hydrogens is 386 g/mol. The van der Waals surface area contributed by atoms with Gasteiger partial charge in [0.05, 0.1) is 11.9 Å². The van der Waals surface area contributed by atoms with E-state index in [1.54, 1.807) is 17.6 Å². The van der Waals surface area contributed by atoms with Gasteiger partial charge in [-0.1, -0.05) is 12.1 Å². The minimum atomic E-state index is -0.968. The molecule has 0 saturated carbocycles. The van der Waals surface area contributed by atoms with Gasteiger partial charge in [0, 0.05) is 42.8 Å². The molecular formula is C21H23N5O4. The topological polar surface area (TPSA) is 120 Å². The molecule has 0 unspecified atom stereocenters. The first-order valence-corrected chi connectivity index (χ1v) is 9.76. The number of hydrogen-bond donors (Lipinski definition) is 4. The summed E-state index contributed by atoms with van der Waals surface area (Å²) in [5, 5.41) is 21.2. The average molecular weight is 409 g/mol. The Balaban J connectivity index is 1.45. The Morgan fingerprint density at radius 1 is 1.13 bits per heavy atom. The number of carboxylic acid groups (broad SMARTS) is 1. The highest BCUT2D eigenvalue weighted by Crippen LogP contribution is 2.24. The second-order valence-corrected chi connectivity index (χ2v) is 7.40. The summed E-state index contributed by atoms with van der Waals surface area (Å²) in [6.07, 6.45) is 4.42. The molecule has 30 heavy (non-hydrogen) atoms. The lowest BCUT2D eigenvalue weighted by atomic mass is 10.0. The summed E-state index contributed by atoms with van der Waals surface area (Å²) in [6.45, 7) is 2.18. The van der Waals surface area contributed by atoms with Crippen LogP contribution in [0.4, 0.5) is 10.5 Å². The third kappa shape index (κ3) is 4.20. The normalized spacial score (nSPS) is 14.6. The molecule has 9 nitrogen and oxygen atoms in total. The van der Waals surface area contributed by atoms with E-state index < -0.39 is 12.0 Å². The van der Waals surface area contributed by atoms with Gasteiger partial charge in [0.15, 0.2) is 0 Å². The second-order valence-electron chi connectivity index (χ2n) is 7.40. The molecule has 0 bridgehead atoms. The molecule has 2 aromatic heterocycles.